The topological polar surface area (TPSA) is 57.5 Å². The second kappa shape index (κ2) is 11.3. The van der Waals surface area contributed by atoms with E-state index in [9.17, 15) is 0 Å². The van der Waals surface area contributed by atoms with Crippen molar-refractivity contribution in [2.24, 2.45) is 0 Å². The minimum Gasteiger partial charge on any atom is -0.480 e. The minimum atomic E-state index is -1.19. The Hall–Kier alpha value is -3.95. The summed E-state index contributed by atoms with van der Waals surface area (Å²) >= 11 is 0. The van der Waals surface area contributed by atoms with Gasteiger partial charge in [0.2, 0.25) is 0 Å². The highest BCUT2D eigenvalue weighted by atomic mass is 16.4. The van der Waals surface area contributed by atoms with E-state index >= 15 is 0 Å². The number of aliphatic hydroxyl groups is 1. The summed E-state index contributed by atoms with van der Waals surface area (Å²) in [5.41, 5.74) is 7.40. The summed E-state index contributed by atoms with van der Waals surface area (Å²) in [6.45, 7) is -0.778. The van der Waals surface area contributed by atoms with Crippen molar-refractivity contribution in [3.05, 3.63) is 144 Å². The lowest BCUT2D eigenvalue weighted by molar-refractivity contribution is -0.140. The van der Waals surface area contributed by atoms with Gasteiger partial charge in [-0.15, -0.1) is 0 Å². The number of carboxylic acid groups (broad SMARTS) is 1. The van der Waals surface area contributed by atoms with Gasteiger partial charge in [0.25, 0.3) is 0 Å². The molecule has 0 radical (unpaired) electrons. The molecule has 0 unspecified atom stereocenters. The fourth-order valence-corrected chi connectivity index (χ4v) is 3.33. The van der Waals surface area contributed by atoms with Crippen LogP contribution < -0.4 is 0 Å². The van der Waals surface area contributed by atoms with E-state index in [1.165, 1.54) is 33.4 Å². The molecule has 0 aliphatic rings. The van der Waals surface area contributed by atoms with Gasteiger partial charge in [0, 0.05) is 0 Å². The molecule has 4 aromatic carbocycles. The number of aliphatic hydroxyl groups excluding tert-OH is 1. The summed E-state index contributed by atoms with van der Waals surface area (Å²) in [6, 6.07) is 42.6. The Morgan fingerprint density at radius 3 is 0.839 bits per heavy atom. The summed E-state index contributed by atoms with van der Waals surface area (Å²) in [6.07, 6.45) is 0. The predicted molar refractivity (Wildman–Crippen MR) is 126 cm³/mol. The van der Waals surface area contributed by atoms with Crippen molar-refractivity contribution in [2.75, 3.05) is 6.61 Å². The Bertz CT molecular complexity index is 936. The maximum absolute atomic E-state index is 9.12. The van der Waals surface area contributed by atoms with Gasteiger partial charge in [-0.2, -0.15) is 0 Å². The zero-order valence-electron chi connectivity index (χ0n) is 17.1. The fraction of sp³-hybridized carbons (Fsp3) is 0.0357. The van der Waals surface area contributed by atoms with Crippen molar-refractivity contribution >= 4 is 17.1 Å². The van der Waals surface area contributed by atoms with Crippen molar-refractivity contribution in [3.8, 4) is 0 Å². The fourth-order valence-electron chi connectivity index (χ4n) is 3.33. The van der Waals surface area contributed by atoms with Crippen LogP contribution in [0.3, 0.4) is 0 Å². The molecule has 0 aliphatic carbocycles. The monoisotopic (exact) mass is 408 g/mol. The van der Waals surface area contributed by atoms with Crippen LogP contribution in [-0.2, 0) is 4.79 Å². The number of hydrogen-bond acceptors (Lipinski definition) is 2. The number of rotatable bonds is 5. The largest absolute Gasteiger partial charge is 0.480 e. The molecule has 0 fully saturated rings. The predicted octanol–water partition coefficient (Wildman–Crippen LogP) is 5.76. The van der Waals surface area contributed by atoms with Crippen LogP contribution in [0, 0.1) is 0 Å². The summed E-state index contributed by atoms with van der Waals surface area (Å²) in [7, 11) is 0. The molecule has 0 saturated carbocycles. The zero-order chi connectivity index (χ0) is 21.9. The van der Waals surface area contributed by atoms with Crippen molar-refractivity contribution in [3.63, 3.8) is 0 Å². The first-order chi connectivity index (χ1) is 15.2. The normalized spacial score (nSPS) is 9.84. The van der Waals surface area contributed by atoms with E-state index < -0.39 is 12.6 Å². The van der Waals surface area contributed by atoms with Gasteiger partial charge in [0.05, 0.1) is 0 Å². The third kappa shape index (κ3) is 6.01. The summed E-state index contributed by atoms with van der Waals surface area (Å²) in [5, 5.41) is 15.0. The molecule has 3 nitrogen and oxygen atoms in total. The third-order valence-corrected chi connectivity index (χ3v) is 4.64. The van der Waals surface area contributed by atoms with Crippen LogP contribution in [0.15, 0.2) is 121 Å². The highest BCUT2D eigenvalue weighted by Crippen LogP contribution is 2.36. The van der Waals surface area contributed by atoms with Crippen molar-refractivity contribution in [1.82, 2.24) is 0 Å². The third-order valence-electron chi connectivity index (χ3n) is 4.64. The molecule has 0 bridgehead atoms. The maximum atomic E-state index is 9.12. The second-order valence-corrected chi connectivity index (χ2v) is 6.77. The maximum Gasteiger partial charge on any atom is 0.329 e. The van der Waals surface area contributed by atoms with Crippen molar-refractivity contribution in [1.29, 1.82) is 0 Å². The molecule has 0 heterocycles. The molecule has 3 heteroatoms. The first kappa shape index (κ1) is 21.8. The van der Waals surface area contributed by atoms with Crippen LogP contribution in [-0.4, -0.2) is 22.8 Å². The molecule has 4 rings (SSSR count). The zero-order valence-corrected chi connectivity index (χ0v) is 17.1. The average molecular weight is 408 g/mol. The Morgan fingerprint density at radius 2 is 0.677 bits per heavy atom. The van der Waals surface area contributed by atoms with Gasteiger partial charge < -0.3 is 10.2 Å². The molecular weight excluding hydrogens is 384 g/mol. The van der Waals surface area contributed by atoms with E-state index in [1.807, 2.05) is 0 Å². The molecular formula is C28H24O3. The number of benzene rings is 4. The summed E-state index contributed by atoms with van der Waals surface area (Å²) in [4.78, 5) is 9.12. The van der Waals surface area contributed by atoms with Crippen LogP contribution in [0.4, 0.5) is 0 Å². The smallest absolute Gasteiger partial charge is 0.329 e. The first-order valence-electron chi connectivity index (χ1n) is 9.99. The number of carbonyl (C=O) groups is 1. The average Bonchev–Trinajstić information content (AvgIpc) is 2.85. The first-order valence-corrected chi connectivity index (χ1v) is 9.99. The lowest BCUT2D eigenvalue weighted by Crippen LogP contribution is -1.98. The van der Waals surface area contributed by atoms with E-state index in [-0.39, 0.29) is 0 Å². The number of aliphatic carboxylic acids is 1. The minimum absolute atomic E-state index is 0.778. The van der Waals surface area contributed by atoms with E-state index in [4.69, 9.17) is 15.0 Å². The van der Waals surface area contributed by atoms with Crippen molar-refractivity contribution < 1.29 is 15.0 Å². The molecule has 0 amide bonds. The van der Waals surface area contributed by atoms with Gasteiger partial charge in [-0.1, -0.05) is 121 Å². The van der Waals surface area contributed by atoms with E-state index in [1.54, 1.807) is 0 Å². The Morgan fingerprint density at radius 1 is 0.484 bits per heavy atom. The summed E-state index contributed by atoms with van der Waals surface area (Å²) in [5.74, 6) is -1.19. The highest BCUT2D eigenvalue weighted by molar-refractivity contribution is 6.04. The lowest BCUT2D eigenvalue weighted by Gasteiger charge is -2.18. The van der Waals surface area contributed by atoms with Gasteiger partial charge in [-0.05, 0) is 33.4 Å². The highest BCUT2D eigenvalue weighted by Gasteiger charge is 2.15. The van der Waals surface area contributed by atoms with Gasteiger partial charge in [-0.3, -0.25) is 0 Å². The Balaban J connectivity index is 0.000000491. The Kier molecular flexibility index (Phi) is 7.92. The van der Waals surface area contributed by atoms with Gasteiger partial charge in [-0.25, -0.2) is 4.79 Å². The van der Waals surface area contributed by atoms with E-state index in [0.29, 0.717) is 0 Å². The summed E-state index contributed by atoms with van der Waals surface area (Å²) < 4.78 is 0. The van der Waals surface area contributed by atoms with Crippen LogP contribution in [0.5, 0.6) is 0 Å². The molecule has 4 aromatic rings. The molecule has 0 aliphatic heterocycles. The van der Waals surface area contributed by atoms with Crippen molar-refractivity contribution in [2.45, 2.75) is 0 Å². The van der Waals surface area contributed by atoms with Gasteiger partial charge in [0.1, 0.15) is 6.61 Å². The molecule has 2 N–H and O–H groups in total. The quantitative estimate of drug-likeness (QED) is 0.413. The molecule has 31 heavy (non-hydrogen) atoms. The lowest BCUT2D eigenvalue weighted by atomic mass is 9.86. The molecule has 0 atom stereocenters. The van der Waals surface area contributed by atoms with Gasteiger partial charge >= 0.3 is 5.97 Å². The number of hydrogen-bond donors (Lipinski definition) is 2. The standard InChI is InChI=1S/C26H20.C2H4O3/c1-5-13-21(14-6-1)25(22-15-7-2-8-16-22)26(23-17-9-3-10-18-23)24-19-11-4-12-20-24;3-1-2(4)5/h1-20H;3H,1H2,(H,4,5). The van der Waals surface area contributed by atoms with E-state index in [0.717, 1.165) is 0 Å². The molecule has 154 valence electrons. The van der Waals surface area contributed by atoms with Crippen LogP contribution >= 0.6 is 0 Å². The van der Waals surface area contributed by atoms with Crippen LogP contribution in [0.25, 0.3) is 11.1 Å². The molecule has 0 saturated heterocycles. The number of carboxylic acids is 1. The van der Waals surface area contributed by atoms with E-state index in [2.05, 4.69) is 121 Å². The van der Waals surface area contributed by atoms with Crippen LogP contribution in [0.1, 0.15) is 22.3 Å². The Labute approximate surface area is 182 Å². The van der Waals surface area contributed by atoms with Gasteiger partial charge in [0.15, 0.2) is 0 Å². The second-order valence-electron chi connectivity index (χ2n) is 6.77. The molecule has 0 aromatic heterocycles. The SMILES string of the molecule is O=C(O)CO.c1ccc(C(=C(c2ccccc2)c2ccccc2)c2ccccc2)cc1. The van der Waals surface area contributed by atoms with Crippen LogP contribution in [0.2, 0.25) is 0 Å². The molecule has 0 spiro atoms.